The van der Waals surface area contributed by atoms with Crippen LogP contribution in [-0.4, -0.2) is 29.3 Å². The Labute approximate surface area is 210 Å². The SMILES string of the molecule is CCOC(=O)NCc1ccc(-c2cnc(-c3ccc(OC(C)C)cc3)s2)c(SNC(C)(C)C)c1. The van der Waals surface area contributed by atoms with Gasteiger partial charge in [0.1, 0.15) is 10.8 Å². The van der Waals surface area contributed by atoms with Crippen LogP contribution in [0.25, 0.3) is 21.0 Å². The summed E-state index contributed by atoms with van der Waals surface area (Å²) in [7, 11) is 0. The predicted molar refractivity (Wildman–Crippen MR) is 141 cm³/mol. The first-order chi connectivity index (χ1) is 16.1. The van der Waals surface area contributed by atoms with E-state index >= 15 is 0 Å². The van der Waals surface area contributed by atoms with E-state index in [0.717, 1.165) is 37.2 Å². The molecule has 2 aromatic carbocycles. The average Bonchev–Trinajstić information content (AvgIpc) is 3.26. The first kappa shape index (κ1) is 26.1. The zero-order chi connectivity index (χ0) is 24.7. The van der Waals surface area contributed by atoms with E-state index in [2.05, 4.69) is 47.9 Å². The molecular weight excluding hydrogens is 466 g/mol. The van der Waals surface area contributed by atoms with E-state index in [1.54, 1.807) is 30.2 Å². The number of carbonyl (C=O) groups excluding carboxylic acids is 1. The van der Waals surface area contributed by atoms with Crippen molar-refractivity contribution in [3.05, 3.63) is 54.2 Å². The summed E-state index contributed by atoms with van der Waals surface area (Å²) in [5, 5.41) is 3.75. The van der Waals surface area contributed by atoms with Gasteiger partial charge in [-0.15, -0.1) is 11.3 Å². The Morgan fingerprint density at radius 1 is 1.15 bits per heavy atom. The molecule has 1 aromatic heterocycles. The van der Waals surface area contributed by atoms with Gasteiger partial charge in [-0.1, -0.05) is 12.1 Å². The number of thiazole rings is 1. The van der Waals surface area contributed by atoms with Crippen molar-refractivity contribution in [1.82, 2.24) is 15.0 Å². The molecule has 0 aliphatic rings. The molecule has 0 saturated heterocycles. The van der Waals surface area contributed by atoms with Crippen LogP contribution in [0.3, 0.4) is 0 Å². The molecule has 3 rings (SSSR count). The van der Waals surface area contributed by atoms with E-state index in [9.17, 15) is 4.79 Å². The molecule has 0 saturated carbocycles. The van der Waals surface area contributed by atoms with Crippen LogP contribution in [0.15, 0.2) is 53.6 Å². The number of amides is 1. The highest BCUT2D eigenvalue weighted by molar-refractivity contribution is 7.97. The number of hydrogen-bond acceptors (Lipinski definition) is 7. The molecule has 8 heteroatoms. The van der Waals surface area contributed by atoms with Gasteiger partial charge in [0.15, 0.2) is 0 Å². The molecule has 0 fully saturated rings. The summed E-state index contributed by atoms with van der Waals surface area (Å²) >= 11 is 3.24. The molecule has 1 heterocycles. The van der Waals surface area contributed by atoms with Crippen molar-refractivity contribution < 1.29 is 14.3 Å². The number of benzene rings is 2. The van der Waals surface area contributed by atoms with Crippen molar-refractivity contribution in [2.24, 2.45) is 0 Å². The van der Waals surface area contributed by atoms with Crippen molar-refractivity contribution >= 4 is 29.4 Å². The molecule has 1 amide bonds. The van der Waals surface area contributed by atoms with Gasteiger partial charge in [0.25, 0.3) is 0 Å². The minimum Gasteiger partial charge on any atom is -0.491 e. The fraction of sp³-hybridized carbons (Fsp3) is 0.385. The average molecular weight is 500 g/mol. The van der Waals surface area contributed by atoms with Gasteiger partial charge in [0, 0.05) is 34.3 Å². The molecule has 0 bridgehead atoms. The molecular formula is C26H33N3O3S2. The van der Waals surface area contributed by atoms with Gasteiger partial charge in [0.05, 0.1) is 17.6 Å². The summed E-state index contributed by atoms with van der Waals surface area (Å²) < 4.78 is 14.2. The number of rotatable bonds is 9. The Morgan fingerprint density at radius 3 is 2.53 bits per heavy atom. The normalized spacial score (nSPS) is 11.5. The predicted octanol–water partition coefficient (Wildman–Crippen LogP) is 6.91. The maximum atomic E-state index is 11.7. The molecule has 6 nitrogen and oxygen atoms in total. The van der Waals surface area contributed by atoms with Crippen LogP contribution in [0, 0.1) is 0 Å². The Morgan fingerprint density at radius 2 is 1.88 bits per heavy atom. The largest absolute Gasteiger partial charge is 0.491 e. The zero-order valence-electron chi connectivity index (χ0n) is 20.6. The Bertz CT molecular complexity index is 1090. The van der Waals surface area contributed by atoms with E-state index in [4.69, 9.17) is 9.47 Å². The molecule has 34 heavy (non-hydrogen) atoms. The number of nitrogens with zero attached hydrogens (tertiary/aromatic N) is 1. The minimum atomic E-state index is -0.412. The zero-order valence-corrected chi connectivity index (χ0v) is 22.2. The van der Waals surface area contributed by atoms with Gasteiger partial charge < -0.3 is 14.8 Å². The summed E-state index contributed by atoms with van der Waals surface area (Å²) in [6, 6.07) is 14.3. The lowest BCUT2D eigenvalue weighted by Gasteiger charge is -2.21. The lowest BCUT2D eigenvalue weighted by atomic mass is 10.1. The second kappa shape index (κ2) is 11.7. The molecule has 0 aliphatic heterocycles. The second-order valence-corrected chi connectivity index (χ2v) is 11.0. The van der Waals surface area contributed by atoms with Gasteiger partial charge in [-0.3, -0.25) is 4.72 Å². The number of alkyl carbamates (subject to hydrolysis) is 1. The second-order valence-electron chi connectivity index (χ2n) is 9.08. The molecule has 0 spiro atoms. The fourth-order valence-electron chi connectivity index (χ4n) is 3.01. The summed E-state index contributed by atoms with van der Waals surface area (Å²) in [6.07, 6.45) is 1.65. The van der Waals surface area contributed by atoms with Crippen molar-refractivity contribution in [3.63, 3.8) is 0 Å². The van der Waals surface area contributed by atoms with Crippen molar-refractivity contribution in [3.8, 4) is 26.8 Å². The summed E-state index contributed by atoms with van der Waals surface area (Å²) in [5.41, 5.74) is 3.11. The van der Waals surface area contributed by atoms with E-state index in [1.165, 1.54) is 0 Å². The monoisotopic (exact) mass is 499 g/mol. The maximum Gasteiger partial charge on any atom is 0.407 e. The molecule has 182 valence electrons. The topological polar surface area (TPSA) is 72.5 Å². The van der Waals surface area contributed by atoms with Crippen LogP contribution in [0.4, 0.5) is 4.79 Å². The quantitative estimate of drug-likeness (QED) is 0.312. The maximum absolute atomic E-state index is 11.7. The van der Waals surface area contributed by atoms with Crippen molar-refractivity contribution in [1.29, 1.82) is 0 Å². The summed E-state index contributed by atoms with van der Waals surface area (Å²) in [5.74, 6) is 0.856. The third-order valence-electron chi connectivity index (χ3n) is 4.47. The van der Waals surface area contributed by atoms with Crippen molar-refractivity contribution in [2.45, 2.75) is 64.6 Å². The van der Waals surface area contributed by atoms with Crippen LogP contribution in [-0.2, 0) is 11.3 Å². The molecule has 0 radical (unpaired) electrons. The third kappa shape index (κ3) is 7.75. The lowest BCUT2D eigenvalue weighted by Crippen LogP contribution is -2.29. The first-order valence-corrected chi connectivity index (χ1v) is 13.0. The number of aromatic nitrogens is 1. The Hall–Kier alpha value is -2.55. The molecule has 2 N–H and O–H groups in total. The first-order valence-electron chi connectivity index (χ1n) is 11.4. The van der Waals surface area contributed by atoms with E-state index in [0.29, 0.717) is 13.2 Å². The van der Waals surface area contributed by atoms with Crippen LogP contribution < -0.4 is 14.8 Å². The van der Waals surface area contributed by atoms with Crippen LogP contribution in [0.5, 0.6) is 5.75 Å². The van der Waals surface area contributed by atoms with E-state index in [1.807, 2.05) is 50.4 Å². The van der Waals surface area contributed by atoms with E-state index in [-0.39, 0.29) is 11.6 Å². The third-order valence-corrected chi connectivity index (χ3v) is 6.82. The van der Waals surface area contributed by atoms with Crippen LogP contribution in [0.1, 0.15) is 47.1 Å². The minimum absolute atomic E-state index is 0.0558. The molecule has 3 aromatic rings. The number of hydrogen-bond donors (Lipinski definition) is 2. The smallest absolute Gasteiger partial charge is 0.407 e. The van der Waals surface area contributed by atoms with Gasteiger partial charge in [-0.05, 0) is 89.4 Å². The molecule has 0 unspecified atom stereocenters. The molecule has 0 aliphatic carbocycles. The lowest BCUT2D eigenvalue weighted by molar-refractivity contribution is 0.151. The van der Waals surface area contributed by atoms with E-state index < -0.39 is 6.09 Å². The Kier molecular flexibility index (Phi) is 8.99. The number of nitrogens with one attached hydrogen (secondary N) is 2. The standard InChI is InChI=1S/C26H33N3O3S2/c1-7-31-25(30)28-15-18-8-13-21(22(14-18)34-29-26(4,5)6)23-16-27-24(33-23)19-9-11-20(12-10-19)32-17(2)3/h8-14,16-17,29H,7,15H2,1-6H3,(H,28,30). The Balaban J connectivity index is 1.84. The highest BCUT2D eigenvalue weighted by atomic mass is 32.2. The van der Waals surface area contributed by atoms with Gasteiger partial charge >= 0.3 is 6.09 Å². The van der Waals surface area contributed by atoms with Gasteiger partial charge in [0.2, 0.25) is 0 Å². The number of carbonyl (C=O) groups is 1. The highest BCUT2D eigenvalue weighted by Crippen LogP contribution is 2.38. The summed E-state index contributed by atoms with van der Waals surface area (Å²) in [4.78, 5) is 18.5. The van der Waals surface area contributed by atoms with Gasteiger partial charge in [-0.25, -0.2) is 9.78 Å². The van der Waals surface area contributed by atoms with Crippen molar-refractivity contribution in [2.75, 3.05) is 6.61 Å². The van der Waals surface area contributed by atoms with Crippen LogP contribution in [0.2, 0.25) is 0 Å². The number of ether oxygens (including phenoxy) is 2. The summed E-state index contributed by atoms with van der Waals surface area (Å²) in [6.45, 7) is 13.0. The fourth-order valence-corrected chi connectivity index (χ4v) is 4.95. The van der Waals surface area contributed by atoms with Crippen LogP contribution >= 0.6 is 23.3 Å². The van der Waals surface area contributed by atoms with Gasteiger partial charge in [-0.2, -0.15) is 0 Å². The molecule has 0 atom stereocenters. The highest BCUT2D eigenvalue weighted by Gasteiger charge is 2.16.